The molecule has 1 saturated heterocycles. The van der Waals surface area contributed by atoms with Gasteiger partial charge in [0.25, 0.3) is 0 Å². The smallest absolute Gasteiger partial charge is 0.340 e. The van der Waals surface area contributed by atoms with Crippen molar-refractivity contribution in [2.24, 2.45) is 0 Å². The van der Waals surface area contributed by atoms with Crippen molar-refractivity contribution in [3.63, 3.8) is 0 Å². The summed E-state index contributed by atoms with van der Waals surface area (Å²) in [5.41, 5.74) is 4.29. The van der Waals surface area contributed by atoms with Crippen LogP contribution in [0.5, 0.6) is 0 Å². The number of amides is 1. The first-order valence-corrected chi connectivity index (χ1v) is 9.86. The molecule has 6 nitrogen and oxygen atoms in total. The monoisotopic (exact) mass is 387 g/mol. The molecule has 1 aromatic heterocycles. The summed E-state index contributed by atoms with van der Waals surface area (Å²) in [4.78, 5) is 28.6. The summed E-state index contributed by atoms with van der Waals surface area (Å²) < 4.78 is 4.74. The number of thiophene rings is 1. The summed E-state index contributed by atoms with van der Waals surface area (Å²) in [7, 11) is 1.33. The molecule has 0 unspecified atom stereocenters. The molecule has 3 rings (SSSR count). The predicted octanol–water partition coefficient (Wildman–Crippen LogP) is 2.91. The quantitative estimate of drug-likeness (QED) is 0.800. The average Bonchev–Trinajstić information content (AvgIpc) is 3.12. The fourth-order valence-electron chi connectivity index (χ4n) is 3.27. The molecule has 1 aromatic carbocycles. The third-order valence-electron chi connectivity index (χ3n) is 4.98. The maximum atomic E-state index is 12.4. The molecule has 0 aliphatic carbocycles. The number of nitrogens with one attached hydrogen (secondary N) is 1. The van der Waals surface area contributed by atoms with Crippen molar-refractivity contribution < 1.29 is 14.3 Å². The Bertz CT molecular complexity index is 826. The first-order valence-electron chi connectivity index (χ1n) is 8.98. The van der Waals surface area contributed by atoms with Gasteiger partial charge in [0.2, 0.25) is 5.91 Å². The largest absolute Gasteiger partial charge is 0.465 e. The molecule has 7 heteroatoms. The Morgan fingerprint density at radius 3 is 2.59 bits per heavy atom. The second-order valence-electron chi connectivity index (χ2n) is 6.69. The van der Waals surface area contributed by atoms with Gasteiger partial charge in [0.1, 0.15) is 5.00 Å². The number of ether oxygens (including phenoxy) is 1. The summed E-state index contributed by atoms with van der Waals surface area (Å²) in [5, 5.41) is 5.15. The number of anilines is 2. The maximum absolute atomic E-state index is 12.4. The number of hydrogen-bond acceptors (Lipinski definition) is 6. The summed E-state index contributed by atoms with van der Waals surface area (Å²) >= 11 is 1.32. The molecule has 27 heavy (non-hydrogen) atoms. The predicted molar refractivity (Wildman–Crippen MR) is 109 cm³/mol. The van der Waals surface area contributed by atoms with E-state index in [-0.39, 0.29) is 5.91 Å². The molecule has 0 saturated carbocycles. The van der Waals surface area contributed by atoms with Gasteiger partial charge in [0.15, 0.2) is 0 Å². The number of hydrogen-bond donors (Lipinski definition) is 1. The minimum Gasteiger partial charge on any atom is -0.465 e. The van der Waals surface area contributed by atoms with Crippen LogP contribution in [0.15, 0.2) is 29.6 Å². The summed E-state index contributed by atoms with van der Waals surface area (Å²) in [6, 6.07) is 8.05. The lowest BCUT2D eigenvalue weighted by atomic mass is 10.1. The van der Waals surface area contributed by atoms with E-state index in [1.807, 2.05) is 0 Å². The van der Waals surface area contributed by atoms with E-state index in [1.54, 1.807) is 11.4 Å². The Kier molecular flexibility index (Phi) is 6.13. The lowest BCUT2D eigenvalue weighted by Gasteiger charge is -2.36. The van der Waals surface area contributed by atoms with Crippen molar-refractivity contribution in [2.45, 2.75) is 13.8 Å². The Morgan fingerprint density at radius 2 is 1.89 bits per heavy atom. The highest BCUT2D eigenvalue weighted by Gasteiger charge is 2.22. The van der Waals surface area contributed by atoms with Gasteiger partial charge in [-0.1, -0.05) is 12.1 Å². The molecule has 1 N–H and O–H groups in total. The Morgan fingerprint density at radius 1 is 1.15 bits per heavy atom. The SMILES string of the molecule is COC(=O)c1ccsc1NC(=O)CN1CCN(c2cccc(C)c2C)CC1. The van der Waals surface area contributed by atoms with Crippen LogP contribution in [0.4, 0.5) is 10.7 Å². The van der Waals surface area contributed by atoms with Gasteiger partial charge in [-0.15, -0.1) is 11.3 Å². The van der Waals surface area contributed by atoms with Crippen LogP contribution in [0, 0.1) is 13.8 Å². The fraction of sp³-hybridized carbons (Fsp3) is 0.400. The van der Waals surface area contributed by atoms with Crippen LogP contribution in [-0.4, -0.2) is 56.6 Å². The topological polar surface area (TPSA) is 61.9 Å². The second kappa shape index (κ2) is 8.54. The fourth-order valence-corrected chi connectivity index (χ4v) is 4.06. The molecule has 2 aromatic rings. The van der Waals surface area contributed by atoms with Crippen LogP contribution in [0.25, 0.3) is 0 Å². The summed E-state index contributed by atoms with van der Waals surface area (Å²) in [6.07, 6.45) is 0. The number of methoxy groups -OCH3 is 1. The van der Waals surface area contributed by atoms with Crippen molar-refractivity contribution in [3.8, 4) is 0 Å². The Balaban J connectivity index is 1.53. The number of aryl methyl sites for hydroxylation is 1. The van der Waals surface area contributed by atoms with Crippen LogP contribution in [0.2, 0.25) is 0 Å². The van der Waals surface area contributed by atoms with Crippen LogP contribution in [0.1, 0.15) is 21.5 Å². The van der Waals surface area contributed by atoms with Crippen molar-refractivity contribution in [1.29, 1.82) is 0 Å². The van der Waals surface area contributed by atoms with Crippen molar-refractivity contribution in [2.75, 3.05) is 50.1 Å². The zero-order chi connectivity index (χ0) is 19.4. The van der Waals surface area contributed by atoms with Crippen LogP contribution < -0.4 is 10.2 Å². The molecule has 1 aliphatic rings. The lowest BCUT2D eigenvalue weighted by Crippen LogP contribution is -2.48. The van der Waals surface area contributed by atoms with E-state index in [2.05, 4.69) is 47.2 Å². The van der Waals surface area contributed by atoms with E-state index in [1.165, 1.54) is 35.3 Å². The number of carbonyl (C=O) groups is 2. The van der Waals surface area contributed by atoms with Gasteiger partial charge in [0, 0.05) is 31.9 Å². The van der Waals surface area contributed by atoms with E-state index in [9.17, 15) is 9.59 Å². The third kappa shape index (κ3) is 4.48. The van der Waals surface area contributed by atoms with E-state index in [0.29, 0.717) is 17.1 Å². The summed E-state index contributed by atoms with van der Waals surface area (Å²) in [5.74, 6) is -0.545. The van der Waals surface area contributed by atoms with Gasteiger partial charge in [-0.05, 0) is 42.5 Å². The minimum atomic E-state index is -0.436. The first kappa shape index (κ1) is 19.4. The zero-order valence-electron chi connectivity index (χ0n) is 15.9. The molecule has 1 fully saturated rings. The molecule has 0 bridgehead atoms. The molecule has 2 heterocycles. The number of piperazine rings is 1. The zero-order valence-corrected chi connectivity index (χ0v) is 16.8. The molecule has 0 radical (unpaired) electrons. The minimum absolute atomic E-state index is 0.109. The molecular formula is C20H25N3O3S. The molecule has 0 spiro atoms. The van der Waals surface area contributed by atoms with Crippen LogP contribution in [0.3, 0.4) is 0 Å². The third-order valence-corrected chi connectivity index (χ3v) is 5.81. The number of benzene rings is 1. The molecular weight excluding hydrogens is 362 g/mol. The number of esters is 1. The van der Waals surface area contributed by atoms with E-state index < -0.39 is 5.97 Å². The van der Waals surface area contributed by atoms with Crippen molar-refractivity contribution in [3.05, 3.63) is 46.3 Å². The molecule has 1 aliphatic heterocycles. The lowest BCUT2D eigenvalue weighted by molar-refractivity contribution is -0.117. The van der Waals surface area contributed by atoms with Crippen molar-refractivity contribution in [1.82, 2.24) is 4.90 Å². The molecule has 1 amide bonds. The molecule has 0 atom stereocenters. The van der Waals surface area contributed by atoms with Crippen LogP contribution >= 0.6 is 11.3 Å². The van der Waals surface area contributed by atoms with Gasteiger partial charge in [-0.2, -0.15) is 0 Å². The average molecular weight is 388 g/mol. The van der Waals surface area contributed by atoms with Gasteiger partial charge in [-0.3, -0.25) is 9.69 Å². The second-order valence-corrected chi connectivity index (χ2v) is 7.60. The van der Waals surface area contributed by atoms with E-state index in [0.717, 1.165) is 26.2 Å². The number of rotatable bonds is 5. The highest BCUT2D eigenvalue weighted by atomic mass is 32.1. The standard InChI is InChI=1S/C20H25N3O3S/c1-14-5-4-6-17(15(14)2)23-10-8-22(9-11-23)13-18(24)21-19-16(7-12-27-19)20(25)26-3/h4-7,12H,8-11,13H2,1-3H3,(H,21,24). The van der Waals surface area contributed by atoms with Crippen LogP contribution in [-0.2, 0) is 9.53 Å². The van der Waals surface area contributed by atoms with Gasteiger partial charge >= 0.3 is 5.97 Å². The van der Waals surface area contributed by atoms with Gasteiger partial charge < -0.3 is 15.0 Å². The number of nitrogens with zero attached hydrogens (tertiary/aromatic N) is 2. The van der Waals surface area contributed by atoms with Gasteiger partial charge in [0.05, 0.1) is 19.2 Å². The van der Waals surface area contributed by atoms with Crippen molar-refractivity contribution >= 4 is 33.9 Å². The van der Waals surface area contributed by atoms with Gasteiger partial charge in [-0.25, -0.2) is 4.79 Å². The highest BCUT2D eigenvalue weighted by molar-refractivity contribution is 7.14. The highest BCUT2D eigenvalue weighted by Crippen LogP contribution is 2.25. The summed E-state index contributed by atoms with van der Waals surface area (Å²) in [6.45, 7) is 8.05. The maximum Gasteiger partial charge on any atom is 0.340 e. The normalized spacial score (nSPS) is 14.9. The Labute approximate surface area is 163 Å². The number of carbonyl (C=O) groups excluding carboxylic acids is 2. The Hall–Kier alpha value is -2.38. The first-order chi connectivity index (χ1) is 13.0. The van der Waals surface area contributed by atoms with E-state index in [4.69, 9.17) is 4.74 Å². The van der Waals surface area contributed by atoms with E-state index >= 15 is 0 Å². The molecule has 144 valence electrons.